The number of aryl methyl sites for hydroxylation is 1. The van der Waals surface area contributed by atoms with Gasteiger partial charge >= 0.3 is 0 Å². The molecule has 0 aliphatic heterocycles. The van der Waals surface area contributed by atoms with Crippen LogP contribution in [0.25, 0.3) is 0 Å². The number of rotatable bonds is 18. The van der Waals surface area contributed by atoms with Crippen molar-refractivity contribution in [1.29, 1.82) is 0 Å². The number of carbonyl (C=O) groups is 1. The van der Waals surface area contributed by atoms with Crippen LogP contribution in [0.2, 0.25) is 0 Å². The number of anilines is 1. The van der Waals surface area contributed by atoms with Gasteiger partial charge in [0.05, 0.1) is 27.9 Å². The van der Waals surface area contributed by atoms with Gasteiger partial charge in [0.25, 0.3) is 0 Å². The van der Waals surface area contributed by atoms with Gasteiger partial charge in [0.1, 0.15) is 34.7 Å². The normalized spacial score (nSPS) is 11.7. The topological polar surface area (TPSA) is 100 Å². The fraction of sp³-hybridized carbons (Fsp3) is 0.533. The van der Waals surface area contributed by atoms with E-state index in [1.807, 2.05) is 0 Å². The maximum Gasteiger partial charge on any atom is 0.240 e. The Kier molecular flexibility index (Phi) is 12.7. The van der Waals surface area contributed by atoms with Gasteiger partial charge in [-0.2, -0.15) is 4.80 Å². The second-order valence-corrected chi connectivity index (χ2v) is 9.81. The van der Waals surface area contributed by atoms with E-state index in [9.17, 15) is 9.18 Å². The van der Waals surface area contributed by atoms with Gasteiger partial charge in [-0.1, -0.05) is 76.8 Å². The summed E-state index contributed by atoms with van der Waals surface area (Å²) < 4.78 is 29.9. The van der Waals surface area contributed by atoms with Gasteiger partial charge in [0.2, 0.25) is 5.91 Å². The Morgan fingerprint density at radius 2 is 1.45 bits per heavy atom. The van der Waals surface area contributed by atoms with Crippen molar-refractivity contribution >= 4 is 11.6 Å². The second kappa shape index (κ2) is 16.4. The highest BCUT2D eigenvalue weighted by atomic mass is 19.1. The molecule has 0 bridgehead atoms. The Balaban J connectivity index is 1.68. The number of aromatic nitrogens is 4. The van der Waals surface area contributed by atoms with Gasteiger partial charge < -0.3 is 19.5 Å². The molecule has 0 aliphatic rings. The summed E-state index contributed by atoms with van der Waals surface area (Å²) in [4.78, 5) is 15.2. The first-order valence-corrected chi connectivity index (χ1v) is 14.1. The van der Waals surface area contributed by atoms with Crippen LogP contribution < -0.4 is 19.5 Å². The van der Waals surface area contributed by atoms with Crippen LogP contribution in [-0.2, 0) is 11.3 Å². The minimum atomic E-state index is -0.932. The maximum absolute atomic E-state index is 13.7. The summed E-state index contributed by atoms with van der Waals surface area (Å²) in [5.41, 5.74) is 0.865. The number of tetrazole rings is 1. The number of benzene rings is 2. The molecule has 0 saturated carbocycles. The zero-order valence-electron chi connectivity index (χ0n) is 24.1. The van der Waals surface area contributed by atoms with Crippen LogP contribution in [0, 0.1) is 5.82 Å². The molecule has 1 N–H and O–H groups in total. The molecule has 40 heavy (non-hydrogen) atoms. The highest BCUT2D eigenvalue weighted by Gasteiger charge is 2.29. The molecule has 0 saturated heterocycles. The number of amides is 1. The number of ether oxygens (including phenoxy) is 3. The Bertz CT molecular complexity index is 1160. The standard InChI is InChI=1S/C30H42FN5O4/c1-5-6-7-8-9-10-11-12-13-14-19-36-34-29(33-35-36)27(22-15-17-23(31)18-16-22)30(37)32-28-25(39-3)20-24(38-2)21-26(28)40-4/h15-18,20-21,27H,5-14,19H2,1-4H3,(H,32,37)/t27-/m0/s1. The maximum atomic E-state index is 13.7. The van der Waals surface area contributed by atoms with Crippen LogP contribution in [0.5, 0.6) is 17.2 Å². The average molecular weight is 556 g/mol. The third kappa shape index (κ3) is 8.93. The molecule has 0 fully saturated rings. The van der Waals surface area contributed by atoms with E-state index in [-0.39, 0.29) is 5.82 Å². The van der Waals surface area contributed by atoms with Gasteiger partial charge in [0.15, 0.2) is 5.82 Å². The lowest BCUT2D eigenvalue weighted by Crippen LogP contribution is -2.24. The highest BCUT2D eigenvalue weighted by Crippen LogP contribution is 2.39. The van der Waals surface area contributed by atoms with Crippen LogP contribution in [0.4, 0.5) is 10.1 Å². The van der Waals surface area contributed by atoms with Gasteiger partial charge in [-0.15, -0.1) is 10.2 Å². The first kappa shape index (κ1) is 30.8. The predicted molar refractivity (Wildman–Crippen MR) is 153 cm³/mol. The molecule has 0 aliphatic carbocycles. The van der Waals surface area contributed by atoms with Crippen molar-refractivity contribution < 1.29 is 23.4 Å². The summed E-state index contributed by atoms with van der Waals surface area (Å²) in [6, 6.07) is 8.99. The van der Waals surface area contributed by atoms with Crippen molar-refractivity contribution in [3.63, 3.8) is 0 Å². The first-order chi connectivity index (χ1) is 19.5. The summed E-state index contributed by atoms with van der Waals surface area (Å²) in [5, 5.41) is 15.8. The molecule has 218 valence electrons. The van der Waals surface area contributed by atoms with E-state index in [1.54, 1.807) is 24.3 Å². The number of unbranched alkanes of at least 4 members (excludes halogenated alkanes) is 9. The molecule has 3 rings (SSSR count). The Morgan fingerprint density at radius 1 is 0.875 bits per heavy atom. The van der Waals surface area contributed by atoms with E-state index in [2.05, 4.69) is 27.7 Å². The van der Waals surface area contributed by atoms with Gasteiger partial charge in [-0.3, -0.25) is 4.79 Å². The number of hydrogen-bond acceptors (Lipinski definition) is 7. The second-order valence-electron chi connectivity index (χ2n) is 9.81. The third-order valence-electron chi connectivity index (χ3n) is 6.87. The monoisotopic (exact) mass is 555 g/mol. The van der Waals surface area contributed by atoms with E-state index in [4.69, 9.17) is 14.2 Å². The third-order valence-corrected chi connectivity index (χ3v) is 6.87. The lowest BCUT2D eigenvalue weighted by atomic mass is 9.97. The molecule has 0 spiro atoms. The Labute approximate surface area is 236 Å². The molecule has 10 heteroatoms. The van der Waals surface area contributed by atoms with Gasteiger partial charge in [-0.25, -0.2) is 4.39 Å². The number of nitrogens with zero attached hydrogens (tertiary/aromatic N) is 4. The predicted octanol–water partition coefficient (Wildman–Crippen LogP) is 6.53. The summed E-state index contributed by atoms with van der Waals surface area (Å²) in [7, 11) is 4.51. The van der Waals surface area contributed by atoms with Crippen molar-refractivity contribution in [2.45, 2.75) is 83.6 Å². The number of halogens is 1. The molecule has 1 heterocycles. The summed E-state index contributed by atoms with van der Waals surface area (Å²) in [6.07, 6.45) is 12.3. The summed E-state index contributed by atoms with van der Waals surface area (Å²) >= 11 is 0. The minimum absolute atomic E-state index is 0.225. The van der Waals surface area contributed by atoms with Crippen LogP contribution in [-0.4, -0.2) is 47.4 Å². The molecule has 0 radical (unpaired) electrons. The molecule has 1 amide bonds. The summed E-state index contributed by atoms with van der Waals surface area (Å²) in [6.45, 7) is 2.85. The Morgan fingerprint density at radius 3 is 2.00 bits per heavy atom. The molecule has 9 nitrogen and oxygen atoms in total. The van der Waals surface area contributed by atoms with Crippen LogP contribution in [0.15, 0.2) is 36.4 Å². The van der Waals surface area contributed by atoms with Gasteiger partial charge in [0, 0.05) is 12.1 Å². The molecule has 2 aromatic carbocycles. The molecule has 1 atom stereocenters. The molecular formula is C30H42FN5O4. The van der Waals surface area contributed by atoms with Crippen molar-refractivity contribution in [3.05, 3.63) is 53.6 Å². The number of hydrogen-bond donors (Lipinski definition) is 1. The molecule has 3 aromatic rings. The molecular weight excluding hydrogens is 513 g/mol. The van der Waals surface area contributed by atoms with E-state index >= 15 is 0 Å². The largest absolute Gasteiger partial charge is 0.496 e. The fourth-order valence-electron chi connectivity index (χ4n) is 4.60. The SMILES string of the molecule is CCCCCCCCCCCCn1nnc([C@@H](C(=O)Nc2c(OC)cc(OC)cc2OC)c2ccc(F)cc2)n1. The minimum Gasteiger partial charge on any atom is -0.496 e. The van der Waals surface area contributed by atoms with Crippen LogP contribution in [0.3, 0.4) is 0 Å². The van der Waals surface area contributed by atoms with E-state index in [0.29, 0.717) is 35.0 Å². The van der Waals surface area contributed by atoms with E-state index < -0.39 is 17.6 Å². The lowest BCUT2D eigenvalue weighted by Gasteiger charge is -2.18. The first-order valence-electron chi connectivity index (χ1n) is 14.1. The number of nitrogens with one attached hydrogen (secondary N) is 1. The zero-order chi connectivity index (χ0) is 28.7. The van der Waals surface area contributed by atoms with Gasteiger partial charge in [-0.05, 0) is 29.3 Å². The van der Waals surface area contributed by atoms with Crippen molar-refractivity contribution in [2.75, 3.05) is 26.6 Å². The van der Waals surface area contributed by atoms with Crippen molar-refractivity contribution in [3.8, 4) is 17.2 Å². The van der Waals surface area contributed by atoms with Crippen LogP contribution in [0.1, 0.15) is 88.4 Å². The van der Waals surface area contributed by atoms with Crippen molar-refractivity contribution in [2.24, 2.45) is 0 Å². The van der Waals surface area contributed by atoms with E-state index in [1.165, 1.54) is 89.6 Å². The molecule has 0 unspecified atom stereocenters. The number of methoxy groups -OCH3 is 3. The lowest BCUT2D eigenvalue weighted by molar-refractivity contribution is -0.116. The smallest absolute Gasteiger partial charge is 0.240 e. The quantitative estimate of drug-likeness (QED) is 0.178. The zero-order valence-corrected chi connectivity index (χ0v) is 24.1. The van der Waals surface area contributed by atoms with Crippen molar-refractivity contribution in [1.82, 2.24) is 20.2 Å². The molecule has 1 aromatic heterocycles. The average Bonchev–Trinajstić information content (AvgIpc) is 3.43. The highest BCUT2D eigenvalue weighted by molar-refractivity contribution is 6.00. The van der Waals surface area contributed by atoms with Crippen LogP contribution >= 0.6 is 0 Å². The summed E-state index contributed by atoms with van der Waals surface area (Å²) in [5.74, 6) is -0.314. The number of carbonyl (C=O) groups excluding carboxylic acids is 1. The fourth-order valence-corrected chi connectivity index (χ4v) is 4.60. The van der Waals surface area contributed by atoms with E-state index in [0.717, 1.165) is 12.8 Å². The Hall–Kier alpha value is -3.69.